The average Bonchev–Trinajstić information content (AvgIpc) is 2.52. The van der Waals surface area contributed by atoms with Gasteiger partial charge in [-0.25, -0.2) is 8.42 Å². The van der Waals surface area contributed by atoms with Crippen molar-refractivity contribution < 1.29 is 17.9 Å². The molecule has 0 saturated carbocycles. The molecule has 0 aliphatic carbocycles. The van der Waals surface area contributed by atoms with E-state index in [-0.39, 0.29) is 6.54 Å². The second-order valence-electron chi connectivity index (χ2n) is 5.27. The van der Waals surface area contributed by atoms with E-state index in [1.54, 1.807) is 18.2 Å². The molecule has 0 bridgehead atoms. The lowest BCUT2D eigenvalue weighted by molar-refractivity contribution is 0.394. The Morgan fingerprint density at radius 1 is 1.00 bits per heavy atom. The fraction of sp³-hybridized carbons (Fsp3) is 0.294. The van der Waals surface area contributed by atoms with Crippen molar-refractivity contribution in [3.05, 3.63) is 53.6 Å². The van der Waals surface area contributed by atoms with E-state index in [2.05, 4.69) is 0 Å². The maximum Gasteiger partial charge on any atom is 0.232 e. The minimum absolute atomic E-state index is 0.252. The first-order valence-electron chi connectivity index (χ1n) is 7.10. The van der Waals surface area contributed by atoms with Crippen LogP contribution in [0.15, 0.2) is 42.5 Å². The Kier molecular flexibility index (Phi) is 5.15. The van der Waals surface area contributed by atoms with E-state index in [4.69, 9.17) is 9.47 Å². The van der Waals surface area contributed by atoms with Crippen LogP contribution >= 0.6 is 0 Å². The van der Waals surface area contributed by atoms with Gasteiger partial charge in [0.1, 0.15) is 11.5 Å². The van der Waals surface area contributed by atoms with Crippen LogP contribution in [0.1, 0.15) is 11.1 Å². The molecule has 0 radical (unpaired) electrons. The van der Waals surface area contributed by atoms with Crippen LogP contribution in [0.2, 0.25) is 0 Å². The van der Waals surface area contributed by atoms with Gasteiger partial charge >= 0.3 is 0 Å². The molecule has 0 aliphatic heterocycles. The van der Waals surface area contributed by atoms with Crippen LogP contribution < -0.4 is 13.8 Å². The molecule has 0 atom stereocenters. The predicted octanol–water partition coefficient (Wildman–Crippen LogP) is 2.98. The maximum absolute atomic E-state index is 12.3. The van der Waals surface area contributed by atoms with Crippen LogP contribution in [0.5, 0.6) is 11.5 Å². The molecule has 0 heterocycles. The van der Waals surface area contributed by atoms with Gasteiger partial charge in [-0.15, -0.1) is 0 Å². The summed E-state index contributed by atoms with van der Waals surface area (Å²) in [7, 11) is -0.396. The molecule has 6 heteroatoms. The first-order valence-corrected chi connectivity index (χ1v) is 8.95. The van der Waals surface area contributed by atoms with Gasteiger partial charge in [-0.2, -0.15) is 0 Å². The molecule has 2 rings (SSSR count). The molecular weight excluding hydrogens is 314 g/mol. The van der Waals surface area contributed by atoms with Crippen molar-refractivity contribution in [3.63, 3.8) is 0 Å². The van der Waals surface area contributed by atoms with Crippen molar-refractivity contribution >= 4 is 15.7 Å². The highest BCUT2D eigenvalue weighted by Gasteiger charge is 2.20. The topological polar surface area (TPSA) is 55.8 Å². The first-order chi connectivity index (χ1) is 10.8. The van der Waals surface area contributed by atoms with Crippen LogP contribution in [-0.2, 0) is 16.6 Å². The number of hydrogen-bond acceptors (Lipinski definition) is 4. The second kappa shape index (κ2) is 6.91. The maximum atomic E-state index is 12.3. The SMILES string of the molecule is COc1cc(OC)cc(N(Cc2ccccc2C)S(C)(=O)=O)c1. The van der Waals surface area contributed by atoms with Gasteiger partial charge in [0.15, 0.2) is 0 Å². The molecule has 2 aromatic carbocycles. The number of rotatable bonds is 6. The standard InChI is InChI=1S/C17H21NO4S/c1-13-7-5-6-8-14(13)12-18(23(4,19)20)15-9-16(21-2)11-17(10-15)22-3/h5-11H,12H2,1-4H3. The molecule has 23 heavy (non-hydrogen) atoms. The number of aryl methyl sites for hydroxylation is 1. The number of nitrogens with zero attached hydrogens (tertiary/aromatic N) is 1. The summed E-state index contributed by atoms with van der Waals surface area (Å²) in [5.41, 5.74) is 2.49. The molecule has 124 valence electrons. The van der Waals surface area contributed by atoms with Crippen molar-refractivity contribution in [2.75, 3.05) is 24.8 Å². The normalized spacial score (nSPS) is 11.1. The van der Waals surface area contributed by atoms with E-state index in [1.165, 1.54) is 24.8 Å². The monoisotopic (exact) mass is 335 g/mol. The van der Waals surface area contributed by atoms with Gasteiger partial charge in [0.25, 0.3) is 0 Å². The summed E-state index contributed by atoms with van der Waals surface area (Å²) in [5.74, 6) is 1.08. The number of ether oxygens (including phenoxy) is 2. The summed E-state index contributed by atoms with van der Waals surface area (Å²) >= 11 is 0. The third-order valence-corrected chi connectivity index (χ3v) is 4.74. The average molecular weight is 335 g/mol. The zero-order valence-corrected chi connectivity index (χ0v) is 14.6. The van der Waals surface area contributed by atoms with Gasteiger partial charge in [-0.3, -0.25) is 4.31 Å². The van der Waals surface area contributed by atoms with Crippen molar-refractivity contribution in [1.29, 1.82) is 0 Å². The van der Waals surface area contributed by atoms with Crippen LogP contribution in [0, 0.1) is 6.92 Å². The number of benzene rings is 2. The summed E-state index contributed by atoms with van der Waals surface area (Å²) in [5, 5.41) is 0. The molecule has 0 aliphatic rings. The zero-order valence-electron chi connectivity index (χ0n) is 13.7. The number of methoxy groups -OCH3 is 2. The highest BCUT2D eigenvalue weighted by atomic mass is 32.2. The predicted molar refractivity (Wildman–Crippen MR) is 91.8 cm³/mol. The summed E-state index contributed by atoms with van der Waals surface area (Å²) in [6.45, 7) is 2.21. The minimum Gasteiger partial charge on any atom is -0.497 e. The van der Waals surface area contributed by atoms with E-state index in [0.29, 0.717) is 17.2 Å². The smallest absolute Gasteiger partial charge is 0.232 e. The van der Waals surface area contributed by atoms with Crippen molar-refractivity contribution in [3.8, 4) is 11.5 Å². The lowest BCUT2D eigenvalue weighted by Crippen LogP contribution is -2.29. The number of hydrogen-bond donors (Lipinski definition) is 0. The van der Waals surface area contributed by atoms with Gasteiger partial charge in [0.05, 0.1) is 32.7 Å². The summed E-state index contributed by atoms with van der Waals surface area (Å²) in [6, 6.07) is 12.8. The molecule has 0 unspecified atom stereocenters. The minimum atomic E-state index is -3.46. The van der Waals surface area contributed by atoms with E-state index in [1.807, 2.05) is 31.2 Å². The molecule has 0 aromatic heterocycles. The first kappa shape index (κ1) is 17.1. The van der Waals surface area contributed by atoms with Gasteiger partial charge in [0, 0.05) is 18.2 Å². The van der Waals surface area contributed by atoms with Crippen molar-refractivity contribution in [2.24, 2.45) is 0 Å². The Bertz CT molecular complexity index is 765. The number of sulfonamides is 1. The largest absolute Gasteiger partial charge is 0.497 e. The van der Waals surface area contributed by atoms with E-state index in [0.717, 1.165) is 11.1 Å². The molecule has 2 aromatic rings. The fourth-order valence-corrected chi connectivity index (χ4v) is 3.14. The van der Waals surface area contributed by atoms with Crippen LogP contribution in [0.25, 0.3) is 0 Å². The molecule has 0 fully saturated rings. The Labute approximate surface area is 137 Å². The van der Waals surface area contributed by atoms with Gasteiger partial charge in [-0.1, -0.05) is 24.3 Å². The summed E-state index contributed by atoms with van der Waals surface area (Å²) in [6.07, 6.45) is 1.19. The highest BCUT2D eigenvalue weighted by Crippen LogP contribution is 2.31. The molecule has 0 saturated heterocycles. The van der Waals surface area contributed by atoms with E-state index < -0.39 is 10.0 Å². The van der Waals surface area contributed by atoms with Crippen LogP contribution in [0.4, 0.5) is 5.69 Å². The molecule has 0 N–H and O–H groups in total. The van der Waals surface area contributed by atoms with Crippen molar-refractivity contribution in [1.82, 2.24) is 0 Å². The Morgan fingerprint density at radius 2 is 1.57 bits per heavy atom. The lowest BCUT2D eigenvalue weighted by Gasteiger charge is -2.24. The number of anilines is 1. The Balaban J connectivity index is 2.50. The van der Waals surface area contributed by atoms with Crippen LogP contribution in [-0.4, -0.2) is 28.9 Å². The molecule has 0 amide bonds. The summed E-state index contributed by atoms with van der Waals surface area (Å²) in [4.78, 5) is 0. The fourth-order valence-electron chi connectivity index (χ4n) is 2.28. The lowest BCUT2D eigenvalue weighted by atomic mass is 10.1. The van der Waals surface area contributed by atoms with Gasteiger partial charge < -0.3 is 9.47 Å². The van der Waals surface area contributed by atoms with Gasteiger partial charge in [0.2, 0.25) is 10.0 Å². The molecule has 5 nitrogen and oxygen atoms in total. The third kappa shape index (κ3) is 4.16. The second-order valence-corrected chi connectivity index (χ2v) is 7.17. The van der Waals surface area contributed by atoms with Gasteiger partial charge in [-0.05, 0) is 18.1 Å². The third-order valence-electron chi connectivity index (χ3n) is 3.60. The zero-order chi connectivity index (χ0) is 17.0. The Hall–Kier alpha value is -2.21. The molecule has 0 spiro atoms. The Morgan fingerprint density at radius 3 is 2.04 bits per heavy atom. The van der Waals surface area contributed by atoms with E-state index in [9.17, 15) is 8.42 Å². The summed E-state index contributed by atoms with van der Waals surface area (Å²) < 4.78 is 36.4. The molecular formula is C17H21NO4S. The highest BCUT2D eigenvalue weighted by molar-refractivity contribution is 7.92. The quantitative estimate of drug-likeness (QED) is 0.814. The van der Waals surface area contributed by atoms with Crippen molar-refractivity contribution in [2.45, 2.75) is 13.5 Å². The van der Waals surface area contributed by atoms with Crippen LogP contribution in [0.3, 0.4) is 0 Å². The van der Waals surface area contributed by atoms with E-state index >= 15 is 0 Å².